The quantitative estimate of drug-likeness (QED) is 0.733. The van der Waals surface area contributed by atoms with Crippen molar-refractivity contribution in [1.29, 1.82) is 0 Å². The third kappa shape index (κ3) is 1.84. The van der Waals surface area contributed by atoms with Gasteiger partial charge in [-0.05, 0) is 0 Å². The molecule has 0 unspecified atom stereocenters. The number of aryl methyl sites for hydroxylation is 1. The molecule has 6 heteroatoms. The van der Waals surface area contributed by atoms with E-state index in [2.05, 4.69) is 10.2 Å². The molecule has 0 aromatic carbocycles. The van der Waals surface area contributed by atoms with Crippen LogP contribution in [0.5, 0.6) is 0 Å². The highest BCUT2D eigenvalue weighted by Gasteiger charge is 2.07. The number of nitrogen functional groups attached to an aromatic ring is 1. The zero-order chi connectivity index (χ0) is 10.8. The van der Waals surface area contributed by atoms with E-state index in [1.807, 2.05) is 13.2 Å². The highest BCUT2D eigenvalue weighted by atomic mass is 16.3. The molecule has 0 saturated heterocycles. The molecule has 0 spiro atoms. The molecule has 6 nitrogen and oxygen atoms in total. The van der Waals surface area contributed by atoms with E-state index in [9.17, 15) is 0 Å². The number of rotatable bonds is 3. The van der Waals surface area contributed by atoms with Gasteiger partial charge in [0.2, 0.25) is 0 Å². The number of nitrogens with zero attached hydrogens (tertiary/aromatic N) is 4. The van der Waals surface area contributed by atoms with Gasteiger partial charge in [-0.2, -0.15) is 10.2 Å². The summed E-state index contributed by atoms with van der Waals surface area (Å²) in [6.45, 7) is 0.435. The minimum Gasteiger partial charge on any atom is -0.394 e. The van der Waals surface area contributed by atoms with E-state index in [-0.39, 0.29) is 6.61 Å². The average molecular weight is 207 g/mol. The van der Waals surface area contributed by atoms with Gasteiger partial charge in [0.1, 0.15) is 5.82 Å². The van der Waals surface area contributed by atoms with Crippen molar-refractivity contribution in [3.05, 3.63) is 18.5 Å². The molecule has 0 radical (unpaired) electrons. The van der Waals surface area contributed by atoms with Crippen LogP contribution < -0.4 is 5.73 Å². The Morgan fingerprint density at radius 3 is 2.93 bits per heavy atom. The summed E-state index contributed by atoms with van der Waals surface area (Å²) in [5.74, 6) is 0.544. The van der Waals surface area contributed by atoms with E-state index in [1.165, 1.54) is 0 Å². The summed E-state index contributed by atoms with van der Waals surface area (Å²) in [6, 6.07) is 1.77. The van der Waals surface area contributed by atoms with Crippen LogP contribution in [0.1, 0.15) is 0 Å². The van der Waals surface area contributed by atoms with Crippen molar-refractivity contribution in [2.75, 3.05) is 12.3 Å². The number of aliphatic hydroxyl groups excluding tert-OH is 1. The molecule has 0 atom stereocenters. The molecule has 0 fully saturated rings. The van der Waals surface area contributed by atoms with Crippen LogP contribution in [0.3, 0.4) is 0 Å². The third-order valence-electron chi connectivity index (χ3n) is 2.12. The van der Waals surface area contributed by atoms with Gasteiger partial charge in [0.25, 0.3) is 0 Å². The Labute approximate surface area is 86.9 Å². The summed E-state index contributed by atoms with van der Waals surface area (Å²) in [6.07, 6.45) is 3.59. The summed E-state index contributed by atoms with van der Waals surface area (Å²) >= 11 is 0. The van der Waals surface area contributed by atoms with Crippen molar-refractivity contribution in [2.24, 2.45) is 7.05 Å². The van der Waals surface area contributed by atoms with E-state index in [1.54, 1.807) is 21.6 Å². The third-order valence-corrected chi connectivity index (χ3v) is 2.12. The maximum absolute atomic E-state index is 8.80. The lowest BCUT2D eigenvalue weighted by Crippen LogP contribution is -2.07. The largest absolute Gasteiger partial charge is 0.394 e. The molecule has 0 aliphatic carbocycles. The van der Waals surface area contributed by atoms with Gasteiger partial charge in [-0.3, -0.25) is 4.68 Å². The second kappa shape index (κ2) is 3.74. The van der Waals surface area contributed by atoms with E-state index >= 15 is 0 Å². The summed E-state index contributed by atoms with van der Waals surface area (Å²) in [5.41, 5.74) is 7.42. The summed E-state index contributed by atoms with van der Waals surface area (Å²) in [4.78, 5) is 0. The Hall–Kier alpha value is -1.82. The second-order valence-corrected chi connectivity index (χ2v) is 3.30. The number of anilines is 1. The first-order valence-electron chi connectivity index (χ1n) is 4.64. The molecule has 80 valence electrons. The van der Waals surface area contributed by atoms with Gasteiger partial charge in [0.05, 0.1) is 25.0 Å². The minimum absolute atomic E-state index is 0.0262. The van der Waals surface area contributed by atoms with E-state index in [0.717, 1.165) is 11.3 Å². The maximum Gasteiger partial charge on any atom is 0.122 e. The standard InChI is InChI=1S/C9H13N5O/c1-13-6-7(5-11-13)8-4-9(10)14(12-8)2-3-15/h4-6,15H,2-3,10H2,1H3. The van der Waals surface area contributed by atoms with Crippen molar-refractivity contribution < 1.29 is 5.11 Å². The van der Waals surface area contributed by atoms with E-state index in [0.29, 0.717) is 12.4 Å². The second-order valence-electron chi connectivity index (χ2n) is 3.30. The molecule has 0 amide bonds. The lowest BCUT2D eigenvalue weighted by molar-refractivity contribution is 0.270. The maximum atomic E-state index is 8.80. The average Bonchev–Trinajstić information content (AvgIpc) is 2.75. The molecule has 0 aliphatic heterocycles. The fourth-order valence-corrected chi connectivity index (χ4v) is 1.40. The summed E-state index contributed by atoms with van der Waals surface area (Å²) < 4.78 is 3.28. The lowest BCUT2D eigenvalue weighted by Gasteiger charge is -1.98. The van der Waals surface area contributed by atoms with Crippen LogP contribution >= 0.6 is 0 Å². The first-order valence-corrected chi connectivity index (χ1v) is 4.64. The monoisotopic (exact) mass is 207 g/mol. The SMILES string of the molecule is Cn1cc(-c2cc(N)n(CCO)n2)cn1. The minimum atomic E-state index is 0.0262. The van der Waals surface area contributed by atoms with Crippen LogP contribution in [-0.2, 0) is 13.6 Å². The van der Waals surface area contributed by atoms with Crippen molar-refractivity contribution in [3.8, 4) is 11.3 Å². The predicted molar refractivity (Wildman–Crippen MR) is 55.9 cm³/mol. The van der Waals surface area contributed by atoms with E-state index in [4.69, 9.17) is 10.8 Å². The van der Waals surface area contributed by atoms with Crippen LogP contribution in [0.15, 0.2) is 18.5 Å². The molecular weight excluding hydrogens is 194 g/mol. The van der Waals surface area contributed by atoms with Crippen molar-refractivity contribution in [1.82, 2.24) is 19.6 Å². The zero-order valence-corrected chi connectivity index (χ0v) is 8.46. The molecular formula is C9H13N5O. The lowest BCUT2D eigenvalue weighted by atomic mass is 10.3. The van der Waals surface area contributed by atoms with Crippen LogP contribution in [-0.4, -0.2) is 31.3 Å². The Bertz CT molecular complexity index is 459. The molecule has 3 N–H and O–H groups in total. The van der Waals surface area contributed by atoms with Crippen molar-refractivity contribution >= 4 is 5.82 Å². The van der Waals surface area contributed by atoms with Gasteiger partial charge in [0, 0.05) is 24.9 Å². The number of hydrogen-bond acceptors (Lipinski definition) is 4. The van der Waals surface area contributed by atoms with Crippen LogP contribution in [0.25, 0.3) is 11.3 Å². The molecule has 0 aliphatic rings. The van der Waals surface area contributed by atoms with Gasteiger partial charge in [-0.25, -0.2) is 4.68 Å². The first kappa shape index (κ1) is 9.72. The smallest absolute Gasteiger partial charge is 0.122 e. The summed E-state index contributed by atoms with van der Waals surface area (Å²) in [5, 5.41) is 17.1. The summed E-state index contributed by atoms with van der Waals surface area (Å²) in [7, 11) is 1.84. The first-order chi connectivity index (χ1) is 7.20. The Kier molecular flexibility index (Phi) is 2.42. The number of aromatic nitrogens is 4. The number of nitrogens with two attached hydrogens (primary N) is 1. The van der Waals surface area contributed by atoms with E-state index < -0.39 is 0 Å². The number of aliphatic hydroxyl groups is 1. The predicted octanol–water partition coefficient (Wildman–Crippen LogP) is -0.142. The molecule has 15 heavy (non-hydrogen) atoms. The number of hydrogen-bond donors (Lipinski definition) is 2. The van der Waals surface area contributed by atoms with Crippen LogP contribution in [0.4, 0.5) is 5.82 Å². The molecule has 2 aromatic rings. The van der Waals surface area contributed by atoms with Gasteiger partial charge in [0.15, 0.2) is 0 Å². The van der Waals surface area contributed by atoms with Gasteiger partial charge >= 0.3 is 0 Å². The zero-order valence-electron chi connectivity index (χ0n) is 8.46. The Morgan fingerprint density at radius 2 is 2.33 bits per heavy atom. The highest BCUT2D eigenvalue weighted by Crippen LogP contribution is 2.19. The van der Waals surface area contributed by atoms with Gasteiger partial charge < -0.3 is 10.8 Å². The molecule has 2 heterocycles. The van der Waals surface area contributed by atoms with Crippen molar-refractivity contribution in [2.45, 2.75) is 6.54 Å². The Balaban J connectivity index is 2.33. The van der Waals surface area contributed by atoms with Crippen LogP contribution in [0.2, 0.25) is 0 Å². The van der Waals surface area contributed by atoms with Gasteiger partial charge in [-0.15, -0.1) is 0 Å². The van der Waals surface area contributed by atoms with Crippen LogP contribution in [0, 0.1) is 0 Å². The molecule has 0 bridgehead atoms. The fourth-order valence-electron chi connectivity index (χ4n) is 1.40. The molecule has 2 rings (SSSR count). The van der Waals surface area contributed by atoms with Crippen molar-refractivity contribution in [3.63, 3.8) is 0 Å². The fraction of sp³-hybridized carbons (Fsp3) is 0.333. The molecule has 0 saturated carbocycles. The normalized spacial score (nSPS) is 10.8. The molecule has 2 aromatic heterocycles. The Morgan fingerprint density at radius 1 is 1.53 bits per heavy atom. The highest BCUT2D eigenvalue weighted by molar-refractivity contribution is 5.60. The van der Waals surface area contributed by atoms with Gasteiger partial charge in [-0.1, -0.05) is 0 Å². The topological polar surface area (TPSA) is 81.9 Å².